The molecule has 0 aliphatic carbocycles. The van der Waals surface area contributed by atoms with Gasteiger partial charge >= 0.3 is 0 Å². The van der Waals surface area contributed by atoms with Crippen LogP contribution in [-0.2, 0) is 4.79 Å². The van der Waals surface area contributed by atoms with E-state index in [2.05, 4.69) is 28.1 Å². The summed E-state index contributed by atoms with van der Waals surface area (Å²) < 4.78 is 6.36. The van der Waals surface area contributed by atoms with Gasteiger partial charge < -0.3 is 9.64 Å². The molecule has 1 aliphatic heterocycles. The number of nitrogens with zero attached hydrogens (tertiary/aromatic N) is 1. The largest absolute Gasteiger partial charge is 0.483 e. The third-order valence-electron chi connectivity index (χ3n) is 4.06. The molecule has 0 bridgehead atoms. The summed E-state index contributed by atoms with van der Waals surface area (Å²) >= 11 is 9.28. The van der Waals surface area contributed by atoms with Crippen LogP contribution in [0, 0.1) is 0 Å². The highest BCUT2D eigenvalue weighted by Gasteiger charge is 2.27. The summed E-state index contributed by atoms with van der Waals surface area (Å²) in [5, 5.41) is 0.626. The Kier molecular flexibility index (Phi) is 5.23. The molecule has 2 aromatic rings. The minimum atomic E-state index is 0.0188. The second-order valence-electron chi connectivity index (χ2n) is 5.60. The molecule has 1 saturated heterocycles. The first-order chi connectivity index (χ1) is 11.1. The van der Waals surface area contributed by atoms with Crippen molar-refractivity contribution in [1.29, 1.82) is 0 Å². The molecule has 0 aromatic heterocycles. The molecule has 1 amide bonds. The summed E-state index contributed by atoms with van der Waals surface area (Å²) in [6.07, 6.45) is 1.00. The standard InChI is InChI=1S/C18H17BrClNO2/c19-16-10-15(20)6-7-17(16)23-12-18(22)21-9-8-14(11-21)13-4-2-1-3-5-13/h1-7,10,14H,8-9,11-12H2. The Labute approximate surface area is 149 Å². The van der Waals surface area contributed by atoms with E-state index in [-0.39, 0.29) is 12.5 Å². The predicted octanol–water partition coefficient (Wildman–Crippen LogP) is 4.50. The number of rotatable bonds is 4. The van der Waals surface area contributed by atoms with E-state index < -0.39 is 0 Å². The molecule has 1 fully saturated rings. The van der Waals surface area contributed by atoms with E-state index in [0.717, 1.165) is 24.0 Å². The summed E-state index contributed by atoms with van der Waals surface area (Å²) in [6.45, 7) is 1.58. The third kappa shape index (κ3) is 4.06. The normalized spacial score (nSPS) is 17.3. The number of ether oxygens (including phenoxy) is 1. The number of hydrogen-bond acceptors (Lipinski definition) is 2. The van der Waals surface area contributed by atoms with Gasteiger partial charge in [0.15, 0.2) is 6.61 Å². The van der Waals surface area contributed by atoms with Gasteiger partial charge in [-0.1, -0.05) is 41.9 Å². The van der Waals surface area contributed by atoms with Crippen molar-refractivity contribution in [2.24, 2.45) is 0 Å². The minimum Gasteiger partial charge on any atom is -0.483 e. The lowest BCUT2D eigenvalue weighted by atomic mass is 9.99. The minimum absolute atomic E-state index is 0.0188. The van der Waals surface area contributed by atoms with Gasteiger partial charge in [-0.15, -0.1) is 0 Å². The van der Waals surface area contributed by atoms with Crippen molar-refractivity contribution in [2.75, 3.05) is 19.7 Å². The maximum atomic E-state index is 12.3. The molecule has 1 atom stereocenters. The zero-order valence-corrected chi connectivity index (χ0v) is 14.9. The quantitative estimate of drug-likeness (QED) is 0.764. The van der Waals surface area contributed by atoms with Crippen LogP contribution >= 0.6 is 27.5 Å². The van der Waals surface area contributed by atoms with Gasteiger partial charge in [0.2, 0.25) is 0 Å². The number of hydrogen-bond donors (Lipinski definition) is 0. The van der Waals surface area contributed by atoms with Crippen LogP contribution in [-0.4, -0.2) is 30.5 Å². The molecule has 1 heterocycles. The number of halogens is 2. The molecule has 0 saturated carbocycles. The van der Waals surface area contributed by atoms with E-state index in [1.165, 1.54) is 5.56 Å². The highest BCUT2D eigenvalue weighted by Crippen LogP contribution is 2.29. The maximum Gasteiger partial charge on any atom is 0.260 e. The Morgan fingerprint density at radius 3 is 2.78 bits per heavy atom. The lowest BCUT2D eigenvalue weighted by Crippen LogP contribution is -2.32. The fourth-order valence-corrected chi connectivity index (χ4v) is 3.60. The first-order valence-corrected chi connectivity index (χ1v) is 8.71. The van der Waals surface area contributed by atoms with Crippen LogP contribution in [0.15, 0.2) is 53.0 Å². The van der Waals surface area contributed by atoms with Gasteiger partial charge in [-0.3, -0.25) is 4.79 Å². The molecule has 120 valence electrons. The monoisotopic (exact) mass is 393 g/mol. The van der Waals surface area contributed by atoms with E-state index in [4.69, 9.17) is 16.3 Å². The zero-order valence-electron chi connectivity index (χ0n) is 12.5. The first-order valence-electron chi connectivity index (χ1n) is 7.54. The van der Waals surface area contributed by atoms with Crippen LogP contribution in [0.25, 0.3) is 0 Å². The Hall–Kier alpha value is -1.52. The number of amides is 1. The van der Waals surface area contributed by atoms with Crippen molar-refractivity contribution in [3.05, 3.63) is 63.6 Å². The Morgan fingerprint density at radius 2 is 2.04 bits per heavy atom. The second-order valence-corrected chi connectivity index (χ2v) is 6.89. The Balaban J connectivity index is 1.55. The van der Waals surface area contributed by atoms with Crippen molar-refractivity contribution < 1.29 is 9.53 Å². The predicted molar refractivity (Wildman–Crippen MR) is 95.0 cm³/mol. The molecule has 3 rings (SSSR count). The van der Waals surface area contributed by atoms with Gasteiger partial charge in [0, 0.05) is 24.0 Å². The smallest absolute Gasteiger partial charge is 0.260 e. The van der Waals surface area contributed by atoms with Crippen LogP contribution in [0.4, 0.5) is 0 Å². The zero-order chi connectivity index (χ0) is 16.2. The lowest BCUT2D eigenvalue weighted by Gasteiger charge is -2.17. The van der Waals surface area contributed by atoms with Crippen molar-refractivity contribution in [3.63, 3.8) is 0 Å². The Morgan fingerprint density at radius 1 is 1.26 bits per heavy atom. The molecular formula is C18H17BrClNO2. The SMILES string of the molecule is O=C(COc1ccc(Cl)cc1Br)N1CCC(c2ccccc2)C1. The van der Waals surface area contributed by atoms with E-state index in [1.54, 1.807) is 18.2 Å². The molecule has 3 nitrogen and oxygen atoms in total. The van der Waals surface area contributed by atoms with Crippen LogP contribution in [0.3, 0.4) is 0 Å². The van der Waals surface area contributed by atoms with Crippen molar-refractivity contribution in [2.45, 2.75) is 12.3 Å². The maximum absolute atomic E-state index is 12.3. The lowest BCUT2D eigenvalue weighted by molar-refractivity contribution is -0.132. The van der Waals surface area contributed by atoms with E-state index in [9.17, 15) is 4.79 Å². The molecule has 1 unspecified atom stereocenters. The fraction of sp³-hybridized carbons (Fsp3) is 0.278. The molecule has 0 radical (unpaired) electrons. The fourth-order valence-electron chi connectivity index (χ4n) is 2.81. The van der Waals surface area contributed by atoms with Crippen molar-refractivity contribution in [3.8, 4) is 5.75 Å². The van der Waals surface area contributed by atoms with Crippen LogP contribution in [0.5, 0.6) is 5.75 Å². The molecule has 5 heteroatoms. The number of likely N-dealkylation sites (tertiary alicyclic amines) is 1. The van der Waals surface area contributed by atoms with E-state index in [1.807, 2.05) is 23.1 Å². The summed E-state index contributed by atoms with van der Waals surface area (Å²) in [5.41, 5.74) is 1.30. The topological polar surface area (TPSA) is 29.5 Å². The number of benzene rings is 2. The highest BCUT2D eigenvalue weighted by molar-refractivity contribution is 9.10. The summed E-state index contributed by atoms with van der Waals surface area (Å²) in [6, 6.07) is 15.6. The van der Waals surface area contributed by atoms with Crippen LogP contribution < -0.4 is 4.74 Å². The molecular weight excluding hydrogens is 378 g/mol. The first kappa shape index (κ1) is 16.3. The number of carbonyl (C=O) groups excluding carboxylic acids is 1. The van der Waals surface area contributed by atoms with Gasteiger partial charge in [-0.25, -0.2) is 0 Å². The molecule has 23 heavy (non-hydrogen) atoms. The van der Waals surface area contributed by atoms with Gasteiger partial charge in [0.05, 0.1) is 4.47 Å². The van der Waals surface area contributed by atoms with Gasteiger partial charge in [-0.2, -0.15) is 0 Å². The summed E-state index contributed by atoms with van der Waals surface area (Å²) in [7, 11) is 0. The van der Waals surface area contributed by atoms with Crippen LogP contribution in [0.1, 0.15) is 17.9 Å². The number of carbonyl (C=O) groups is 1. The second kappa shape index (κ2) is 7.37. The molecule has 0 spiro atoms. The average Bonchev–Trinajstić information content (AvgIpc) is 3.05. The van der Waals surface area contributed by atoms with Crippen molar-refractivity contribution in [1.82, 2.24) is 4.90 Å². The molecule has 0 N–H and O–H groups in total. The van der Waals surface area contributed by atoms with Gasteiger partial charge in [0.1, 0.15) is 5.75 Å². The molecule has 1 aliphatic rings. The third-order valence-corrected chi connectivity index (χ3v) is 4.91. The van der Waals surface area contributed by atoms with Gasteiger partial charge in [-0.05, 0) is 46.1 Å². The average molecular weight is 395 g/mol. The van der Waals surface area contributed by atoms with E-state index >= 15 is 0 Å². The summed E-state index contributed by atoms with van der Waals surface area (Å²) in [4.78, 5) is 14.2. The van der Waals surface area contributed by atoms with Crippen LogP contribution in [0.2, 0.25) is 5.02 Å². The summed E-state index contributed by atoms with van der Waals surface area (Å²) in [5.74, 6) is 1.06. The van der Waals surface area contributed by atoms with Gasteiger partial charge in [0.25, 0.3) is 5.91 Å². The highest BCUT2D eigenvalue weighted by atomic mass is 79.9. The molecule has 2 aromatic carbocycles. The van der Waals surface area contributed by atoms with Crippen molar-refractivity contribution >= 4 is 33.4 Å². The van der Waals surface area contributed by atoms with E-state index in [0.29, 0.717) is 16.7 Å². The Bertz CT molecular complexity index is 693.